The van der Waals surface area contributed by atoms with Gasteiger partial charge in [0.15, 0.2) is 5.96 Å². The maximum atomic E-state index is 12.0. The lowest BCUT2D eigenvalue weighted by Crippen LogP contribution is -2.39. The highest BCUT2D eigenvalue weighted by atomic mass is 127. The van der Waals surface area contributed by atoms with E-state index in [9.17, 15) is 13.2 Å². The quantitative estimate of drug-likeness (QED) is 0.309. The molecule has 5 nitrogen and oxygen atoms in total. The van der Waals surface area contributed by atoms with E-state index in [0.29, 0.717) is 19.0 Å². The first-order valence-corrected chi connectivity index (χ1v) is 6.57. The number of aromatic nitrogens is 2. The summed E-state index contributed by atoms with van der Waals surface area (Å²) in [6.07, 6.45) is -0.685. The Balaban J connectivity index is 0.00000400. The van der Waals surface area contributed by atoms with Crippen LogP contribution in [0.25, 0.3) is 0 Å². The third-order valence-corrected chi connectivity index (χ3v) is 2.42. The lowest BCUT2D eigenvalue weighted by molar-refractivity contribution is -0.132. The van der Waals surface area contributed by atoms with Crippen molar-refractivity contribution in [1.29, 1.82) is 0 Å². The average Bonchev–Trinajstić information content (AvgIpc) is 2.86. The molecule has 9 heteroatoms. The van der Waals surface area contributed by atoms with E-state index in [-0.39, 0.29) is 30.5 Å². The molecule has 0 spiro atoms. The van der Waals surface area contributed by atoms with E-state index in [1.54, 1.807) is 10.9 Å². The van der Waals surface area contributed by atoms with Crippen LogP contribution in [0.1, 0.15) is 19.8 Å². The third kappa shape index (κ3) is 10.4. The van der Waals surface area contributed by atoms with Crippen LogP contribution in [0, 0.1) is 0 Å². The van der Waals surface area contributed by atoms with Gasteiger partial charge in [0.05, 0.1) is 6.42 Å². The first kappa shape index (κ1) is 20.0. The van der Waals surface area contributed by atoms with Gasteiger partial charge in [0, 0.05) is 38.6 Å². The Morgan fingerprint density at radius 2 is 2.10 bits per heavy atom. The highest BCUT2D eigenvalue weighted by molar-refractivity contribution is 14.0. The van der Waals surface area contributed by atoms with E-state index in [2.05, 4.69) is 20.7 Å². The third-order valence-electron chi connectivity index (χ3n) is 2.42. The molecular formula is C12H21F3IN5. The van der Waals surface area contributed by atoms with Crippen molar-refractivity contribution >= 4 is 29.9 Å². The summed E-state index contributed by atoms with van der Waals surface area (Å²) in [4.78, 5) is 4.22. The molecule has 2 N–H and O–H groups in total. The summed E-state index contributed by atoms with van der Waals surface area (Å²) in [5, 5.41) is 9.64. The highest BCUT2D eigenvalue weighted by Gasteiger charge is 2.26. The molecule has 1 heterocycles. The molecule has 0 atom stereocenters. The van der Waals surface area contributed by atoms with Gasteiger partial charge in [-0.1, -0.05) is 0 Å². The number of hydrogen-bond acceptors (Lipinski definition) is 2. The molecule has 0 aliphatic rings. The van der Waals surface area contributed by atoms with Crippen LogP contribution < -0.4 is 10.6 Å². The van der Waals surface area contributed by atoms with Crippen LogP contribution in [0.3, 0.4) is 0 Å². The van der Waals surface area contributed by atoms with Gasteiger partial charge in [0.2, 0.25) is 0 Å². The molecule has 0 unspecified atom stereocenters. The monoisotopic (exact) mass is 419 g/mol. The summed E-state index contributed by atoms with van der Waals surface area (Å²) in [5.74, 6) is 0.414. The first-order valence-electron chi connectivity index (χ1n) is 6.57. The van der Waals surface area contributed by atoms with E-state index in [0.717, 1.165) is 13.0 Å². The highest BCUT2D eigenvalue weighted by Crippen LogP contribution is 2.17. The van der Waals surface area contributed by atoms with E-state index in [4.69, 9.17) is 0 Å². The predicted octanol–water partition coefficient (Wildman–Crippen LogP) is 2.40. The van der Waals surface area contributed by atoms with Crippen molar-refractivity contribution in [3.8, 4) is 0 Å². The summed E-state index contributed by atoms with van der Waals surface area (Å²) < 4.78 is 37.9. The lowest BCUT2D eigenvalue weighted by atomic mass is 10.4. The Labute approximate surface area is 139 Å². The zero-order valence-electron chi connectivity index (χ0n) is 11.9. The van der Waals surface area contributed by atoms with Crippen LogP contribution in [0.5, 0.6) is 0 Å². The largest absolute Gasteiger partial charge is 0.390 e. The van der Waals surface area contributed by atoms with Gasteiger partial charge in [-0.25, -0.2) is 0 Å². The van der Waals surface area contributed by atoms with Gasteiger partial charge in [0.25, 0.3) is 0 Å². The van der Waals surface area contributed by atoms with Gasteiger partial charge in [0.1, 0.15) is 0 Å². The molecule has 0 bridgehead atoms. The van der Waals surface area contributed by atoms with Crippen molar-refractivity contribution in [2.24, 2.45) is 4.99 Å². The second-order valence-electron chi connectivity index (χ2n) is 4.18. The summed E-state index contributed by atoms with van der Waals surface area (Å²) in [6, 6.07) is 1.84. The van der Waals surface area contributed by atoms with Crippen molar-refractivity contribution in [1.82, 2.24) is 20.4 Å². The van der Waals surface area contributed by atoms with Crippen LogP contribution in [-0.4, -0.2) is 41.6 Å². The zero-order chi connectivity index (χ0) is 14.8. The number of halogens is 4. The Kier molecular flexibility index (Phi) is 10.2. The number of nitrogens with zero attached hydrogens (tertiary/aromatic N) is 3. The van der Waals surface area contributed by atoms with E-state index < -0.39 is 12.6 Å². The molecule has 0 aliphatic heterocycles. The van der Waals surface area contributed by atoms with Crippen molar-refractivity contribution in [3.63, 3.8) is 0 Å². The van der Waals surface area contributed by atoms with Gasteiger partial charge in [-0.2, -0.15) is 18.3 Å². The summed E-state index contributed by atoms with van der Waals surface area (Å²) in [7, 11) is 0. The molecule has 122 valence electrons. The Morgan fingerprint density at radius 1 is 1.33 bits per heavy atom. The molecule has 0 saturated carbocycles. The van der Waals surface area contributed by atoms with E-state index in [1.165, 1.54) is 0 Å². The predicted molar refractivity (Wildman–Crippen MR) is 86.9 cm³/mol. The minimum atomic E-state index is -4.15. The van der Waals surface area contributed by atoms with E-state index in [1.807, 2.05) is 19.2 Å². The molecule has 0 aliphatic carbocycles. The van der Waals surface area contributed by atoms with Crippen LogP contribution in [0.4, 0.5) is 13.2 Å². The number of aryl methyl sites for hydroxylation is 1. The summed E-state index contributed by atoms with van der Waals surface area (Å²) in [5.41, 5.74) is 0. The lowest BCUT2D eigenvalue weighted by Gasteiger charge is -2.12. The molecule has 0 aromatic carbocycles. The molecule has 21 heavy (non-hydrogen) atoms. The molecule has 1 aromatic rings. The van der Waals surface area contributed by atoms with E-state index >= 15 is 0 Å². The van der Waals surface area contributed by atoms with Gasteiger partial charge < -0.3 is 10.6 Å². The molecule has 0 radical (unpaired) electrons. The normalized spacial score (nSPS) is 11.9. The van der Waals surface area contributed by atoms with Crippen LogP contribution in [0.15, 0.2) is 23.5 Å². The molecule has 1 aromatic heterocycles. The van der Waals surface area contributed by atoms with Crippen LogP contribution in [-0.2, 0) is 6.54 Å². The molecule has 0 saturated heterocycles. The molecule has 0 fully saturated rings. The van der Waals surface area contributed by atoms with Crippen molar-refractivity contribution in [3.05, 3.63) is 18.5 Å². The maximum absolute atomic E-state index is 12.0. The minimum absolute atomic E-state index is 0. The maximum Gasteiger partial charge on any atom is 0.390 e. The van der Waals surface area contributed by atoms with Gasteiger partial charge in [-0.05, 0) is 19.4 Å². The number of alkyl halides is 3. The Bertz CT molecular complexity index is 392. The van der Waals surface area contributed by atoms with Crippen molar-refractivity contribution < 1.29 is 13.2 Å². The molecule has 0 amide bonds. The number of rotatable bonds is 7. The van der Waals surface area contributed by atoms with Crippen LogP contribution >= 0.6 is 24.0 Å². The van der Waals surface area contributed by atoms with Gasteiger partial charge >= 0.3 is 6.18 Å². The number of guanidine groups is 1. The van der Waals surface area contributed by atoms with Crippen molar-refractivity contribution in [2.45, 2.75) is 32.5 Å². The van der Waals surface area contributed by atoms with Gasteiger partial charge in [-0.15, -0.1) is 24.0 Å². The summed E-state index contributed by atoms with van der Waals surface area (Å²) >= 11 is 0. The summed E-state index contributed by atoms with van der Waals surface area (Å²) in [6.45, 7) is 3.57. The number of nitrogens with one attached hydrogen (secondary N) is 2. The molecular weight excluding hydrogens is 398 g/mol. The minimum Gasteiger partial charge on any atom is -0.357 e. The second kappa shape index (κ2) is 10.7. The van der Waals surface area contributed by atoms with Crippen molar-refractivity contribution in [2.75, 3.05) is 19.6 Å². The van der Waals surface area contributed by atoms with Crippen LogP contribution in [0.2, 0.25) is 0 Å². The van der Waals surface area contributed by atoms with Gasteiger partial charge in [-0.3, -0.25) is 9.67 Å². The Hall–Kier alpha value is -1.00. The average molecular weight is 419 g/mol. The Morgan fingerprint density at radius 3 is 2.67 bits per heavy atom. The fraction of sp³-hybridized carbons (Fsp3) is 0.667. The topological polar surface area (TPSA) is 54.2 Å². The fourth-order valence-electron chi connectivity index (χ4n) is 1.52. The fourth-order valence-corrected chi connectivity index (χ4v) is 1.52. The standard InChI is InChI=1S/C12H20F3N5.HI/c1-2-16-11(18-8-5-12(13,14)15)17-6-3-9-20-10-4-7-19-20;/h4,7,10H,2-3,5-6,8-9H2,1H3,(H2,16,17,18);1H. The second-order valence-corrected chi connectivity index (χ2v) is 4.18. The number of hydrogen-bond donors (Lipinski definition) is 2. The molecule has 1 rings (SSSR count). The SMILES string of the molecule is CCNC(=NCCCn1cccn1)NCCC(F)(F)F.I. The number of aliphatic imine (C=N–C) groups is 1. The zero-order valence-corrected chi connectivity index (χ0v) is 14.2. The first-order chi connectivity index (χ1) is 9.51. The smallest absolute Gasteiger partial charge is 0.357 e.